The quantitative estimate of drug-likeness (QED) is 0.0222. The molecule has 0 rings (SSSR count). The zero-order valence-corrected chi connectivity index (χ0v) is 67.8. The van der Waals surface area contributed by atoms with E-state index in [1.165, 1.54) is 257 Å². The summed E-state index contributed by atoms with van der Waals surface area (Å²) in [5, 5.41) is 10.6. The van der Waals surface area contributed by atoms with Gasteiger partial charge in [-0.2, -0.15) is 0 Å². The molecule has 5 atom stereocenters. The molecule has 0 saturated heterocycles. The Labute approximate surface area is 619 Å². The van der Waals surface area contributed by atoms with Gasteiger partial charge in [0.2, 0.25) is 0 Å². The topological polar surface area (TPSA) is 237 Å². The molecule has 0 heterocycles. The number of carbonyl (C=O) groups is 4. The zero-order chi connectivity index (χ0) is 74.1. The summed E-state index contributed by atoms with van der Waals surface area (Å²) in [5.74, 6) is -1.31. The lowest BCUT2D eigenvalue weighted by Gasteiger charge is -2.21. The molecule has 0 saturated carbocycles. The van der Waals surface area contributed by atoms with Gasteiger partial charge in [0.05, 0.1) is 26.4 Å². The molecule has 0 amide bonds. The van der Waals surface area contributed by atoms with Gasteiger partial charge in [-0.25, -0.2) is 9.13 Å². The van der Waals surface area contributed by atoms with Gasteiger partial charge < -0.3 is 33.8 Å². The molecule has 0 spiro atoms. The molecule has 3 N–H and O–H groups in total. The molecule has 0 aromatic rings. The van der Waals surface area contributed by atoms with E-state index in [9.17, 15) is 43.2 Å². The van der Waals surface area contributed by atoms with Gasteiger partial charge in [-0.15, -0.1) is 0 Å². The van der Waals surface area contributed by atoms with Gasteiger partial charge >= 0.3 is 39.5 Å². The van der Waals surface area contributed by atoms with Crippen LogP contribution < -0.4 is 0 Å². The summed E-state index contributed by atoms with van der Waals surface area (Å²) >= 11 is 0. The average molecular weight is 1480 g/mol. The third-order valence-electron chi connectivity index (χ3n) is 19.3. The Bertz CT molecular complexity index is 1930. The fourth-order valence-electron chi connectivity index (χ4n) is 12.8. The second-order valence-corrected chi connectivity index (χ2v) is 32.9. The van der Waals surface area contributed by atoms with E-state index in [-0.39, 0.29) is 25.7 Å². The molecule has 0 aliphatic carbocycles. The number of esters is 4. The Hall–Kier alpha value is -1.94. The van der Waals surface area contributed by atoms with Gasteiger partial charge in [-0.1, -0.05) is 388 Å². The van der Waals surface area contributed by atoms with Gasteiger partial charge in [0.25, 0.3) is 0 Å². The van der Waals surface area contributed by atoms with Crippen LogP contribution in [0.25, 0.3) is 0 Å². The van der Waals surface area contributed by atoms with E-state index in [1.807, 2.05) is 0 Å². The summed E-state index contributed by atoms with van der Waals surface area (Å²) in [6.07, 6.45) is 67.1. The molecule has 19 heteroatoms. The number of hydrogen-bond donors (Lipinski definition) is 3. The molecule has 17 nitrogen and oxygen atoms in total. The van der Waals surface area contributed by atoms with Crippen LogP contribution in [0.4, 0.5) is 0 Å². The maximum Gasteiger partial charge on any atom is 0.472 e. The molecule has 0 aliphatic heterocycles. The molecule has 0 aliphatic rings. The number of rotatable bonds is 82. The second-order valence-electron chi connectivity index (χ2n) is 30.0. The van der Waals surface area contributed by atoms with Crippen LogP contribution in [0.3, 0.4) is 0 Å². The minimum absolute atomic E-state index is 0.108. The smallest absolute Gasteiger partial charge is 0.462 e. The van der Waals surface area contributed by atoms with Gasteiger partial charge in [0.1, 0.15) is 19.3 Å². The van der Waals surface area contributed by atoms with Gasteiger partial charge in [0, 0.05) is 25.7 Å². The highest BCUT2D eigenvalue weighted by atomic mass is 31.2. The van der Waals surface area contributed by atoms with Crippen molar-refractivity contribution in [2.45, 2.75) is 457 Å². The summed E-state index contributed by atoms with van der Waals surface area (Å²) in [4.78, 5) is 72.8. The Kier molecular flexibility index (Phi) is 73.5. The van der Waals surface area contributed by atoms with E-state index in [0.717, 1.165) is 102 Å². The number of ether oxygens (including phenoxy) is 4. The maximum absolute atomic E-state index is 13.1. The summed E-state index contributed by atoms with van der Waals surface area (Å²) in [5.41, 5.74) is 0. The molecule has 101 heavy (non-hydrogen) atoms. The summed E-state index contributed by atoms with van der Waals surface area (Å²) in [6, 6.07) is 0. The Balaban J connectivity index is 5.11. The average Bonchev–Trinajstić information content (AvgIpc) is 0.938. The number of carbonyl (C=O) groups excluding carboxylic acids is 4. The highest BCUT2D eigenvalue weighted by molar-refractivity contribution is 7.47. The molecule has 0 fully saturated rings. The maximum atomic E-state index is 13.1. The molecule has 600 valence electrons. The van der Waals surface area contributed by atoms with E-state index in [2.05, 4.69) is 34.6 Å². The van der Waals surface area contributed by atoms with Crippen LogP contribution in [-0.4, -0.2) is 96.7 Å². The van der Waals surface area contributed by atoms with Crippen molar-refractivity contribution in [3.05, 3.63) is 0 Å². The molecule has 0 aromatic heterocycles. The van der Waals surface area contributed by atoms with Crippen LogP contribution in [0, 0.1) is 5.92 Å². The predicted octanol–water partition coefficient (Wildman–Crippen LogP) is 24.8. The summed E-state index contributed by atoms with van der Waals surface area (Å²) < 4.78 is 68.5. The van der Waals surface area contributed by atoms with Crippen molar-refractivity contribution in [1.82, 2.24) is 0 Å². The first kappa shape index (κ1) is 99.1. The van der Waals surface area contributed by atoms with E-state index < -0.39 is 97.5 Å². The standard InChI is InChI=1S/C82H160O17P2/c1-6-9-12-15-17-19-21-23-25-27-29-31-35-39-43-47-51-56-61-66-80(85)93-72-78(99-82(87)68-63-58-53-49-45-41-37-33-32-34-38-42-46-50-55-59-64-75(4)5)74-97-101(90,91)95-70-76(83)69-94-100(88,89)96-73-77(71-92-79(84)65-60-54-14-11-8-3)98-81(86)67-62-57-52-48-44-40-36-30-28-26-24-22-20-18-16-13-10-7-2/h75-78,83H,6-74H2,1-5H3,(H,88,89)(H,90,91)/t76-,77+,78+/m0/s1. The monoisotopic (exact) mass is 1480 g/mol. The van der Waals surface area contributed by atoms with Crippen molar-refractivity contribution >= 4 is 39.5 Å². The van der Waals surface area contributed by atoms with Crippen molar-refractivity contribution in [2.24, 2.45) is 5.92 Å². The van der Waals surface area contributed by atoms with E-state index in [0.29, 0.717) is 25.7 Å². The lowest BCUT2D eigenvalue weighted by molar-refractivity contribution is -0.161. The summed E-state index contributed by atoms with van der Waals surface area (Å²) in [6.45, 7) is 7.28. The zero-order valence-electron chi connectivity index (χ0n) is 66.1. The van der Waals surface area contributed by atoms with Crippen molar-refractivity contribution in [3.8, 4) is 0 Å². The van der Waals surface area contributed by atoms with Crippen molar-refractivity contribution < 1.29 is 80.2 Å². The fourth-order valence-corrected chi connectivity index (χ4v) is 14.3. The number of phosphoric acid groups is 2. The number of unbranched alkanes of at least 4 members (excludes halogenated alkanes) is 54. The van der Waals surface area contributed by atoms with E-state index in [4.69, 9.17) is 37.0 Å². The van der Waals surface area contributed by atoms with Crippen molar-refractivity contribution in [3.63, 3.8) is 0 Å². The van der Waals surface area contributed by atoms with Crippen molar-refractivity contribution in [1.29, 1.82) is 0 Å². The molecule has 0 radical (unpaired) electrons. The minimum Gasteiger partial charge on any atom is -0.462 e. The molecule has 2 unspecified atom stereocenters. The Morgan fingerprint density at radius 1 is 0.267 bits per heavy atom. The predicted molar refractivity (Wildman–Crippen MR) is 414 cm³/mol. The second kappa shape index (κ2) is 74.9. The minimum atomic E-state index is -4.96. The first-order valence-electron chi connectivity index (χ1n) is 42.6. The Morgan fingerprint density at radius 3 is 0.673 bits per heavy atom. The SMILES string of the molecule is CCCCCCCCCCCCCCCCCCCCCC(=O)OC[C@H](COP(=O)(O)OC[C@@H](O)COP(=O)(O)OC[C@@H](COC(=O)CCCCCCC)OC(=O)CCCCCCCCCCCCCCCCCCCC)OC(=O)CCCCCCCCCCCCCCCCCCC(C)C. The number of phosphoric ester groups is 2. The molecular weight excluding hydrogens is 1320 g/mol. The molecule has 0 aromatic carbocycles. The molecular formula is C82H160O17P2. The van der Waals surface area contributed by atoms with Gasteiger partial charge in [-0.05, 0) is 31.6 Å². The number of aliphatic hydroxyl groups excluding tert-OH is 1. The van der Waals surface area contributed by atoms with Gasteiger partial charge in [-0.3, -0.25) is 37.3 Å². The first-order valence-corrected chi connectivity index (χ1v) is 45.6. The lowest BCUT2D eigenvalue weighted by atomic mass is 10.0. The lowest BCUT2D eigenvalue weighted by Crippen LogP contribution is -2.30. The highest BCUT2D eigenvalue weighted by Gasteiger charge is 2.30. The third kappa shape index (κ3) is 76.1. The normalized spacial score (nSPS) is 13.8. The number of hydrogen-bond acceptors (Lipinski definition) is 15. The third-order valence-corrected chi connectivity index (χ3v) is 21.2. The largest absolute Gasteiger partial charge is 0.472 e. The highest BCUT2D eigenvalue weighted by Crippen LogP contribution is 2.45. The Morgan fingerprint density at radius 2 is 0.455 bits per heavy atom. The van der Waals surface area contributed by atoms with E-state index >= 15 is 0 Å². The summed E-state index contributed by atoms with van der Waals surface area (Å²) in [7, 11) is -9.91. The van der Waals surface area contributed by atoms with Gasteiger partial charge in [0.15, 0.2) is 12.2 Å². The van der Waals surface area contributed by atoms with Crippen LogP contribution in [-0.2, 0) is 65.4 Å². The van der Waals surface area contributed by atoms with Crippen LogP contribution in [0.2, 0.25) is 0 Å². The van der Waals surface area contributed by atoms with Crippen LogP contribution in [0.1, 0.15) is 439 Å². The van der Waals surface area contributed by atoms with Crippen molar-refractivity contribution in [2.75, 3.05) is 39.6 Å². The van der Waals surface area contributed by atoms with Crippen LogP contribution in [0.15, 0.2) is 0 Å². The van der Waals surface area contributed by atoms with Crippen LogP contribution in [0.5, 0.6) is 0 Å². The van der Waals surface area contributed by atoms with Crippen LogP contribution >= 0.6 is 15.6 Å². The fraction of sp³-hybridized carbons (Fsp3) is 0.951. The van der Waals surface area contributed by atoms with E-state index in [1.54, 1.807) is 0 Å². The first-order chi connectivity index (χ1) is 49.0. The number of aliphatic hydroxyl groups is 1. The molecule has 0 bridgehead atoms.